The first-order valence-corrected chi connectivity index (χ1v) is 8.99. The summed E-state index contributed by atoms with van der Waals surface area (Å²) in [4.78, 5) is 0. The molecule has 0 bridgehead atoms. The Hall–Kier alpha value is -4.40. The molecule has 0 radical (unpaired) electrons. The van der Waals surface area contributed by atoms with E-state index in [1.165, 1.54) is 30.4 Å². The van der Waals surface area contributed by atoms with Gasteiger partial charge in [-0.1, -0.05) is 18.2 Å². The van der Waals surface area contributed by atoms with Gasteiger partial charge in [-0.05, 0) is 29.8 Å². The molecule has 0 amide bonds. The van der Waals surface area contributed by atoms with Gasteiger partial charge >= 0.3 is 0 Å². The predicted molar refractivity (Wildman–Crippen MR) is 112 cm³/mol. The van der Waals surface area contributed by atoms with Crippen molar-refractivity contribution in [1.29, 1.82) is 0 Å². The van der Waals surface area contributed by atoms with Crippen LogP contribution in [0.1, 0.15) is 23.1 Å². The van der Waals surface area contributed by atoms with Crippen molar-refractivity contribution in [3.8, 4) is 34.5 Å². The molecular weight excluding hydrogens is 408 g/mol. The standard InChI is InChI=1S/C22H20O9/c23-14-9-15(24)13(4-2-11-7-18(27)22(31)19(28)8-11)20(29)12(14)3-1-10-5-16(25)21(30)17(26)6-10/h1-7,9,11,23-31H,8H2/b3-1+,4-2+. The third-order valence-electron chi connectivity index (χ3n) is 4.70. The van der Waals surface area contributed by atoms with E-state index >= 15 is 0 Å². The molecule has 9 nitrogen and oxygen atoms in total. The van der Waals surface area contributed by atoms with Gasteiger partial charge in [0.05, 0.1) is 11.1 Å². The van der Waals surface area contributed by atoms with E-state index in [0.717, 1.165) is 18.2 Å². The van der Waals surface area contributed by atoms with Crippen molar-refractivity contribution < 1.29 is 46.0 Å². The van der Waals surface area contributed by atoms with Gasteiger partial charge in [0.25, 0.3) is 0 Å². The van der Waals surface area contributed by atoms with Crippen LogP contribution in [0.2, 0.25) is 0 Å². The van der Waals surface area contributed by atoms with Gasteiger partial charge in [0.1, 0.15) is 23.0 Å². The number of allylic oxidation sites excluding steroid dienone is 3. The van der Waals surface area contributed by atoms with Gasteiger partial charge in [0.15, 0.2) is 28.8 Å². The highest BCUT2D eigenvalue weighted by Crippen LogP contribution is 2.41. The minimum Gasteiger partial charge on any atom is -0.508 e. The van der Waals surface area contributed by atoms with Gasteiger partial charge in [0, 0.05) is 18.4 Å². The van der Waals surface area contributed by atoms with Crippen molar-refractivity contribution >= 4 is 18.2 Å². The minimum atomic E-state index is -0.683. The molecule has 3 rings (SSSR count). The van der Waals surface area contributed by atoms with Gasteiger partial charge in [0.2, 0.25) is 0 Å². The Bertz CT molecular complexity index is 1130. The lowest BCUT2D eigenvalue weighted by Crippen LogP contribution is -2.07. The first-order valence-electron chi connectivity index (χ1n) is 8.99. The summed E-state index contributed by atoms with van der Waals surface area (Å²) in [7, 11) is 0. The van der Waals surface area contributed by atoms with Gasteiger partial charge in [-0.25, -0.2) is 0 Å². The Morgan fingerprint density at radius 2 is 1.23 bits per heavy atom. The highest BCUT2D eigenvalue weighted by Gasteiger charge is 2.20. The van der Waals surface area contributed by atoms with Crippen LogP contribution in [-0.2, 0) is 0 Å². The number of phenolic OH excluding ortho intramolecular Hbond substituents is 6. The van der Waals surface area contributed by atoms with Crippen molar-refractivity contribution in [2.24, 2.45) is 5.92 Å². The molecule has 1 unspecified atom stereocenters. The molecule has 1 atom stereocenters. The monoisotopic (exact) mass is 428 g/mol. The second-order valence-corrected chi connectivity index (χ2v) is 6.91. The molecule has 0 fully saturated rings. The lowest BCUT2D eigenvalue weighted by Gasteiger charge is -2.16. The molecule has 0 saturated carbocycles. The summed E-state index contributed by atoms with van der Waals surface area (Å²) in [6.45, 7) is 0. The minimum absolute atomic E-state index is 0.00734. The second-order valence-electron chi connectivity index (χ2n) is 6.91. The number of aliphatic hydroxyl groups is 3. The van der Waals surface area contributed by atoms with Crippen LogP contribution in [0.4, 0.5) is 0 Å². The fourth-order valence-electron chi connectivity index (χ4n) is 3.05. The van der Waals surface area contributed by atoms with Crippen LogP contribution in [0.3, 0.4) is 0 Å². The van der Waals surface area contributed by atoms with Crippen LogP contribution in [0.5, 0.6) is 34.5 Å². The molecule has 31 heavy (non-hydrogen) atoms. The van der Waals surface area contributed by atoms with Crippen molar-refractivity contribution in [3.63, 3.8) is 0 Å². The van der Waals surface area contributed by atoms with Gasteiger partial charge < -0.3 is 46.0 Å². The van der Waals surface area contributed by atoms with E-state index in [2.05, 4.69) is 0 Å². The molecule has 9 N–H and O–H groups in total. The fourth-order valence-corrected chi connectivity index (χ4v) is 3.05. The quantitative estimate of drug-likeness (QED) is 0.258. The summed E-state index contributed by atoms with van der Waals surface area (Å²) in [5.41, 5.74) is 0.119. The average Bonchev–Trinajstić information content (AvgIpc) is 2.69. The highest BCUT2D eigenvalue weighted by molar-refractivity contribution is 5.81. The maximum absolute atomic E-state index is 10.5. The summed E-state index contributed by atoms with van der Waals surface area (Å²) in [5, 5.41) is 88.0. The molecule has 0 heterocycles. The number of phenols is 6. The predicted octanol–water partition coefficient (Wildman–Crippen LogP) is 3.89. The summed E-state index contributed by atoms with van der Waals surface area (Å²) >= 11 is 0. The maximum atomic E-state index is 10.5. The summed E-state index contributed by atoms with van der Waals surface area (Å²) < 4.78 is 0. The summed E-state index contributed by atoms with van der Waals surface area (Å²) in [6.07, 6.45) is 6.67. The normalized spacial score (nSPS) is 16.9. The van der Waals surface area contributed by atoms with Crippen molar-refractivity contribution in [2.45, 2.75) is 6.42 Å². The zero-order valence-electron chi connectivity index (χ0n) is 15.9. The van der Waals surface area contributed by atoms with Gasteiger partial charge in [-0.15, -0.1) is 0 Å². The van der Waals surface area contributed by atoms with Gasteiger partial charge in [-0.2, -0.15) is 0 Å². The van der Waals surface area contributed by atoms with E-state index in [4.69, 9.17) is 0 Å². The molecule has 0 saturated heterocycles. The molecule has 162 valence electrons. The zero-order valence-corrected chi connectivity index (χ0v) is 15.9. The Morgan fingerprint density at radius 3 is 1.81 bits per heavy atom. The third kappa shape index (κ3) is 4.30. The lowest BCUT2D eigenvalue weighted by molar-refractivity contribution is 0.259. The van der Waals surface area contributed by atoms with Crippen molar-refractivity contribution in [1.82, 2.24) is 0 Å². The summed E-state index contributed by atoms with van der Waals surface area (Å²) in [5.74, 6) is -5.22. The Kier molecular flexibility index (Phi) is 5.60. The number of benzene rings is 2. The SMILES string of the molecule is OC1=CC(/C=C/c2c(O)cc(O)c(/C=C/c3cc(O)c(O)c(O)c3)c2O)CC(O)=C1O. The van der Waals surface area contributed by atoms with Crippen LogP contribution >= 0.6 is 0 Å². The van der Waals surface area contributed by atoms with E-state index in [1.807, 2.05) is 0 Å². The van der Waals surface area contributed by atoms with E-state index in [-0.39, 0.29) is 23.1 Å². The first-order chi connectivity index (χ1) is 14.6. The molecule has 9 heteroatoms. The van der Waals surface area contributed by atoms with E-state index in [0.29, 0.717) is 0 Å². The van der Waals surface area contributed by atoms with Crippen LogP contribution in [-0.4, -0.2) is 46.0 Å². The number of hydrogen-bond acceptors (Lipinski definition) is 9. The molecule has 0 spiro atoms. The second kappa shape index (κ2) is 8.15. The Balaban J connectivity index is 1.94. The molecule has 0 aromatic heterocycles. The molecule has 1 aliphatic carbocycles. The van der Waals surface area contributed by atoms with E-state index < -0.39 is 57.7 Å². The third-order valence-corrected chi connectivity index (χ3v) is 4.70. The number of rotatable bonds is 4. The van der Waals surface area contributed by atoms with E-state index in [9.17, 15) is 46.0 Å². The molecule has 0 aliphatic heterocycles. The Morgan fingerprint density at radius 1 is 0.645 bits per heavy atom. The van der Waals surface area contributed by atoms with Crippen molar-refractivity contribution in [2.75, 3.05) is 0 Å². The number of hydrogen-bond donors (Lipinski definition) is 9. The van der Waals surface area contributed by atoms with Crippen molar-refractivity contribution in [3.05, 3.63) is 64.3 Å². The molecule has 1 aliphatic rings. The number of aromatic hydroxyl groups is 6. The van der Waals surface area contributed by atoms with Crippen LogP contribution < -0.4 is 0 Å². The summed E-state index contributed by atoms with van der Waals surface area (Å²) in [6, 6.07) is 3.30. The first kappa shape index (κ1) is 21.3. The largest absolute Gasteiger partial charge is 0.508 e. The maximum Gasteiger partial charge on any atom is 0.200 e. The smallest absolute Gasteiger partial charge is 0.200 e. The molecular formula is C22H20O9. The van der Waals surface area contributed by atoms with Crippen LogP contribution in [0.25, 0.3) is 18.2 Å². The number of aliphatic hydroxyl groups excluding tert-OH is 3. The van der Waals surface area contributed by atoms with Crippen LogP contribution in [0.15, 0.2) is 47.6 Å². The topological polar surface area (TPSA) is 182 Å². The molecule has 2 aromatic rings. The van der Waals surface area contributed by atoms with Crippen LogP contribution in [0, 0.1) is 5.92 Å². The average molecular weight is 428 g/mol. The molecule has 2 aromatic carbocycles. The van der Waals surface area contributed by atoms with E-state index in [1.54, 1.807) is 0 Å². The highest BCUT2D eigenvalue weighted by atomic mass is 16.3. The fraction of sp³-hybridized carbons (Fsp3) is 0.0909. The zero-order chi connectivity index (χ0) is 22.9. The lowest BCUT2D eigenvalue weighted by atomic mass is 9.95. The van der Waals surface area contributed by atoms with Gasteiger partial charge in [-0.3, -0.25) is 0 Å². The Labute approximate surface area is 176 Å².